The Balaban J connectivity index is 0.00000110. The van der Waals surface area contributed by atoms with Crippen LogP contribution in [0.5, 0.6) is 0 Å². The highest BCUT2D eigenvalue weighted by molar-refractivity contribution is 9.10. The predicted octanol–water partition coefficient (Wildman–Crippen LogP) is 3.45. The van der Waals surface area contributed by atoms with Crippen LogP contribution in [0.2, 0.25) is 0 Å². The van der Waals surface area contributed by atoms with Crippen LogP contribution in [0.3, 0.4) is 0 Å². The summed E-state index contributed by atoms with van der Waals surface area (Å²) in [6.45, 7) is 2.22. The molecule has 1 saturated carbocycles. The molecule has 2 unspecified atom stereocenters. The second kappa shape index (κ2) is 4.84. The summed E-state index contributed by atoms with van der Waals surface area (Å²) in [5, 5.41) is 9.55. The molecular formula is C12H13BrClN3OS. The monoisotopic (exact) mass is 361 g/mol. The molecular weight excluding hydrogens is 350 g/mol. The Kier molecular flexibility index (Phi) is 3.45. The van der Waals surface area contributed by atoms with Gasteiger partial charge in [-0.1, -0.05) is 5.16 Å². The first-order valence-electron chi connectivity index (χ1n) is 6.06. The van der Waals surface area contributed by atoms with Crippen LogP contribution in [0.4, 0.5) is 0 Å². The summed E-state index contributed by atoms with van der Waals surface area (Å²) >= 11 is 5.07. The molecule has 0 amide bonds. The van der Waals surface area contributed by atoms with E-state index in [4.69, 9.17) is 4.52 Å². The van der Waals surface area contributed by atoms with Gasteiger partial charge in [-0.15, -0.1) is 23.7 Å². The van der Waals surface area contributed by atoms with Crippen molar-refractivity contribution >= 4 is 39.7 Å². The van der Waals surface area contributed by atoms with Crippen LogP contribution >= 0.6 is 39.7 Å². The quantitative estimate of drug-likeness (QED) is 0.889. The van der Waals surface area contributed by atoms with E-state index in [1.165, 1.54) is 12.8 Å². The average molecular weight is 363 g/mol. The molecule has 1 spiro atoms. The lowest BCUT2D eigenvalue weighted by atomic mass is 10.0. The number of rotatable bonds is 2. The number of nitrogens with one attached hydrogen (secondary N) is 1. The van der Waals surface area contributed by atoms with Crippen LogP contribution in [0.1, 0.15) is 24.7 Å². The molecule has 7 heteroatoms. The largest absolute Gasteiger partial charge is 0.339 e. The SMILES string of the molecule is Brc1csc(-c2noc(C3CC34CCNC4)n2)c1.Cl. The summed E-state index contributed by atoms with van der Waals surface area (Å²) in [7, 11) is 0. The minimum atomic E-state index is 0. The third-order valence-corrected chi connectivity index (χ3v) is 5.68. The molecule has 1 aliphatic heterocycles. The van der Waals surface area contributed by atoms with E-state index in [9.17, 15) is 0 Å². The minimum absolute atomic E-state index is 0. The van der Waals surface area contributed by atoms with Gasteiger partial charge in [-0.05, 0) is 46.8 Å². The minimum Gasteiger partial charge on any atom is -0.339 e. The van der Waals surface area contributed by atoms with Gasteiger partial charge in [0.05, 0.1) is 4.88 Å². The van der Waals surface area contributed by atoms with Gasteiger partial charge in [0.1, 0.15) is 0 Å². The van der Waals surface area contributed by atoms with E-state index >= 15 is 0 Å². The van der Waals surface area contributed by atoms with Crippen LogP contribution in [0, 0.1) is 5.41 Å². The van der Waals surface area contributed by atoms with Gasteiger partial charge in [0.25, 0.3) is 0 Å². The molecule has 1 saturated heterocycles. The summed E-state index contributed by atoms with van der Waals surface area (Å²) in [6.07, 6.45) is 2.43. The first kappa shape index (κ1) is 13.5. The second-order valence-corrected chi connectivity index (χ2v) is 6.96. The van der Waals surface area contributed by atoms with Gasteiger partial charge < -0.3 is 9.84 Å². The first-order valence-corrected chi connectivity index (χ1v) is 7.73. The van der Waals surface area contributed by atoms with Gasteiger partial charge in [-0.2, -0.15) is 4.98 Å². The van der Waals surface area contributed by atoms with Crippen molar-refractivity contribution < 1.29 is 4.52 Å². The molecule has 2 aliphatic rings. The average Bonchev–Trinajstić information content (AvgIpc) is 2.84. The smallest absolute Gasteiger partial charge is 0.230 e. The van der Waals surface area contributed by atoms with Crippen molar-refractivity contribution in [3.05, 3.63) is 21.8 Å². The Hall–Kier alpha value is -0.430. The van der Waals surface area contributed by atoms with E-state index in [1.807, 2.05) is 11.4 Å². The molecule has 1 aliphatic carbocycles. The molecule has 4 rings (SSSR count). The van der Waals surface area contributed by atoms with Crippen molar-refractivity contribution in [1.29, 1.82) is 0 Å². The van der Waals surface area contributed by atoms with Crippen LogP contribution in [-0.2, 0) is 0 Å². The maximum atomic E-state index is 5.44. The molecule has 2 fully saturated rings. The summed E-state index contributed by atoms with van der Waals surface area (Å²) in [6, 6.07) is 2.03. The summed E-state index contributed by atoms with van der Waals surface area (Å²) < 4.78 is 6.51. The van der Waals surface area contributed by atoms with Crippen LogP contribution < -0.4 is 5.32 Å². The molecule has 2 aromatic heterocycles. The van der Waals surface area contributed by atoms with E-state index in [0.29, 0.717) is 17.2 Å². The Labute approximate surface area is 129 Å². The van der Waals surface area contributed by atoms with Gasteiger partial charge >= 0.3 is 0 Å². The van der Waals surface area contributed by atoms with Gasteiger partial charge in [-0.25, -0.2) is 0 Å². The molecule has 0 radical (unpaired) electrons. The van der Waals surface area contributed by atoms with Crippen molar-refractivity contribution in [3.8, 4) is 10.7 Å². The normalized spacial score (nSPS) is 28.6. The lowest BCUT2D eigenvalue weighted by Gasteiger charge is -2.02. The molecule has 1 N–H and O–H groups in total. The number of thiophene rings is 1. The van der Waals surface area contributed by atoms with Crippen LogP contribution in [-0.4, -0.2) is 23.2 Å². The molecule has 2 aromatic rings. The topological polar surface area (TPSA) is 51.0 Å². The van der Waals surface area contributed by atoms with Gasteiger partial charge in [0.15, 0.2) is 0 Å². The third kappa shape index (κ3) is 2.24. The highest BCUT2D eigenvalue weighted by Gasteiger charge is 2.58. The summed E-state index contributed by atoms with van der Waals surface area (Å²) in [5.41, 5.74) is 0.417. The number of aromatic nitrogens is 2. The lowest BCUT2D eigenvalue weighted by molar-refractivity contribution is 0.364. The van der Waals surface area contributed by atoms with Crippen molar-refractivity contribution in [2.75, 3.05) is 13.1 Å². The molecule has 0 bridgehead atoms. The molecule has 3 heterocycles. The maximum absolute atomic E-state index is 5.44. The molecule has 19 heavy (non-hydrogen) atoms. The van der Waals surface area contributed by atoms with Crippen molar-refractivity contribution in [2.24, 2.45) is 5.41 Å². The first-order chi connectivity index (χ1) is 8.77. The van der Waals surface area contributed by atoms with Gasteiger partial charge in [0, 0.05) is 22.3 Å². The Morgan fingerprint density at radius 1 is 1.53 bits per heavy atom. The van der Waals surface area contributed by atoms with Crippen LogP contribution in [0.25, 0.3) is 10.7 Å². The molecule has 102 valence electrons. The lowest BCUT2D eigenvalue weighted by Crippen LogP contribution is -2.10. The standard InChI is InChI=1S/C12H12BrN3OS.ClH/c13-7-3-9(18-5-7)10-15-11(17-16-10)8-4-12(8)1-2-14-6-12;/h3,5,8,14H,1-2,4,6H2;1H. The third-order valence-electron chi connectivity index (χ3n) is 3.99. The van der Waals surface area contributed by atoms with Crippen LogP contribution in [0.15, 0.2) is 20.4 Å². The highest BCUT2D eigenvalue weighted by Crippen LogP contribution is 2.62. The zero-order valence-corrected chi connectivity index (χ0v) is 13.3. The molecule has 2 atom stereocenters. The Morgan fingerprint density at radius 3 is 3.11 bits per heavy atom. The Bertz CT molecular complexity index is 593. The van der Waals surface area contributed by atoms with Crippen molar-refractivity contribution in [3.63, 3.8) is 0 Å². The number of hydrogen-bond donors (Lipinski definition) is 1. The predicted molar refractivity (Wildman–Crippen MR) is 79.8 cm³/mol. The van der Waals surface area contributed by atoms with E-state index in [0.717, 1.165) is 28.3 Å². The summed E-state index contributed by atoms with van der Waals surface area (Å²) in [4.78, 5) is 5.61. The number of hydrogen-bond acceptors (Lipinski definition) is 5. The highest BCUT2D eigenvalue weighted by atomic mass is 79.9. The van der Waals surface area contributed by atoms with Crippen molar-refractivity contribution in [1.82, 2.24) is 15.5 Å². The van der Waals surface area contributed by atoms with Gasteiger partial charge in [-0.3, -0.25) is 0 Å². The van der Waals surface area contributed by atoms with E-state index < -0.39 is 0 Å². The fourth-order valence-corrected chi connectivity index (χ4v) is 4.19. The summed E-state index contributed by atoms with van der Waals surface area (Å²) in [5.74, 6) is 2.00. The fraction of sp³-hybridized carbons (Fsp3) is 0.500. The van der Waals surface area contributed by atoms with E-state index in [-0.39, 0.29) is 12.4 Å². The van der Waals surface area contributed by atoms with Gasteiger partial charge in [0.2, 0.25) is 11.7 Å². The van der Waals surface area contributed by atoms with Crippen molar-refractivity contribution in [2.45, 2.75) is 18.8 Å². The van der Waals surface area contributed by atoms with E-state index in [1.54, 1.807) is 11.3 Å². The fourth-order valence-electron chi connectivity index (χ4n) is 2.84. The second-order valence-electron chi connectivity index (χ2n) is 5.13. The van der Waals surface area contributed by atoms with E-state index in [2.05, 4.69) is 31.4 Å². The zero-order chi connectivity index (χ0) is 12.2. The Morgan fingerprint density at radius 2 is 2.42 bits per heavy atom. The number of nitrogens with zero attached hydrogens (tertiary/aromatic N) is 2. The number of halogens is 2. The molecule has 0 aromatic carbocycles. The zero-order valence-electron chi connectivity index (χ0n) is 10.1. The molecule has 4 nitrogen and oxygen atoms in total. The maximum Gasteiger partial charge on any atom is 0.230 e.